The van der Waals surface area contributed by atoms with Crippen LogP contribution in [-0.4, -0.2) is 39.0 Å². The Kier molecular flexibility index (Phi) is 7.82. The molecule has 1 aliphatic carbocycles. The molecule has 1 N–H and O–H groups in total. The zero-order chi connectivity index (χ0) is 12.5. The molecule has 3 heteroatoms. The van der Waals surface area contributed by atoms with E-state index in [1.165, 1.54) is 19.3 Å². The van der Waals surface area contributed by atoms with Gasteiger partial charge in [0.25, 0.3) is 0 Å². The molecule has 3 unspecified atom stereocenters. The highest BCUT2D eigenvalue weighted by atomic mass is 16.5. The molecule has 0 aliphatic heterocycles. The maximum absolute atomic E-state index is 5.90. The van der Waals surface area contributed by atoms with Crippen molar-refractivity contribution in [1.29, 1.82) is 0 Å². The molecule has 1 fully saturated rings. The molecule has 3 atom stereocenters. The Labute approximate surface area is 106 Å². The first kappa shape index (κ1) is 14.9. The molecule has 0 bridgehead atoms. The standard InChI is InChI=1S/C14H29NO2/c1-4-16-9-7-15-8-10-17-14-6-5-12(2)13(3)11-14/h12-15H,4-11H2,1-3H3. The average molecular weight is 243 g/mol. The Balaban J connectivity index is 1.92. The normalized spacial score (nSPS) is 29.5. The molecule has 0 aromatic rings. The monoisotopic (exact) mass is 243 g/mol. The van der Waals surface area contributed by atoms with E-state index in [4.69, 9.17) is 9.47 Å². The Morgan fingerprint density at radius 3 is 2.53 bits per heavy atom. The minimum absolute atomic E-state index is 0.495. The maximum Gasteiger partial charge on any atom is 0.0594 e. The summed E-state index contributed by atoms with van der Waals surface area (Å²) in [5, 5.41) is 3.33. The van der Waals surface area contributed by atoms with E-state index in [1.807, 2.05) is 6.92 Å². The van der Waals surface area contributed by atoms with Crippen LogP contribution in [0.3, 0.4) is 0 Å². The molecule has 3 nitrogen and oxygen atoms in total. The molecular weight excluding hydrogens is 214 g/mol. The predicted octanol–water partition coefficient (Wildman–Crippen LogP) is 2.45. The van der Waals surface area contributed by atoms with E-state index in [-0.39, 0.29) is 0 Å². The van der Waals surface area contributed by atoms with E-state index in [0.29, 0.717) is 6.10 Å². The Hall–Kier alpha value is -0.120. The zero-order valence-corrected chi connectivity index (χ0v) is 11.7. The smallest absolute Gasteiger partial charge is 0.0594 e. The number of hydrogen-bond acceptors (Lipinski definition) is 3. The van der Waals surface area contributed by atoms with Gasteiger partial charge in [-0.3, -0.25) is 0 Å². The molecule has 1 saturated carbocycles. The van der Waals surface area contributed by atoms with Crippen LogP contribution in [0, 0.1) is 11.8 Å². The highest BCUT2D eigenvalue weighted by Gasteiger charge is 2.24. The van der Waals surface area contributed by atoms with Crippen molar-refractivity contribution in [3.8, 4) is 0 Å². The minimum Gasteiger partial charge on any atom is -0.380 e. The van der Waals surface area contributed by atoms with Gasteiger partial charge in [-0.1, -0.05) is 13.8 Å². The van der Waals surface area contributed by atoms with Crippen molar-refractivity contribution in [1.82, 2.24) is 5.32 Å². The summed E-state index contributed by atoms with van der Waals surface area (Å²) >= 11 is 0. The van der Waals surface area contributed by atoms with E-state index >= 15 is 0 Å². The van der Waals surface area contributed by atoms with Crippen LogP contribution in [-0.2, 0) is 9.47 Å². The van der Waals surface area contributed by atoms with Crippen molar-refractivity contribution < 1.29 is 9.47 Å². The highest BCUT2D eigenvalue weighted by Crippen LogP contribution is 2.30. The fraction of sp³-hybridized carbons (Fsp3) is 1.00. The Morgan fingerprint density at radius 1 is 1.06 bits per heavy atom. The summed E-state index contributed by atoms with van der Waals surface area (Å²) in [6.07, 6.45) is 4.30. The fourth-order valence-corrected chi connectivity index (χ4v) is 2.36. The van der Waals surface area contributed by atoms with Gasteiger partial charge in [0.15, 0.2) is 0 Å². The van der Waals surface area contributed by atoms with Crippen molar-refractivity contribution in [2.75, 3.05) is 32.9 Å². The van der Waals surface area contributed by atoms with E-state index in [2.05, 4.69) is 19.2 Å². The Bertz CT molecular complexity index is 187. The second kappa shape index (κ2) is 8.90. The van der Waals surface area contributed by atoms with Gasteiger partial charge in [-0.25, -0.2) is 0 Å². The summed E-state index contributed by atoms with van der Waals surface area (Å²) in [7, 11) is 0. The third kappa shape index (κ3) is 6.39. The lowest BCUT2D eigenvalue weighted by atomic mass is 9.80. The van der Waals surface area contributed by atoms with Gasteiger partial charge < -0.3 is 14.8 Å². The van der Waals surface area contributed by atoms with Crippen LogP contribution < -0.4 is 5.32 Å². The highest BCUT2D eigenvalue weighted by molar-refractivity contribution is 4.75. The van der Waals surface area contributed by atoms with Crippen molar-refractivity contribution in [3.63, 3.8) is 0 Å². The van der Waals surface area contributed by atoms with Gasteiger partial charge in [-0.05, 0) is 38.0 Å². The average Bonchev–Trinajstić information content (AvgIpc) is 2.32. The molecule has 1 aliphatic rings. The summed E-state index contributed by atoms with van der Waals surface area (Å²) in [4.78, 5) is 0. The molecule has 0 radical (unpaired) electrons. The number of nitrogens with one attached hydrogen (secondary N) is 1. The van der Waals surface area contributed by atoms with Gasteiger partial charge >= 0.3 is 0 Å². The van der Waals surface area contributed by atoms with Crippen molar-refractivity contribution >= 4 is 0 Å². The first-order valence-electron chi connectivity index (χ1n) is 7.14. The summed E-state index contributed by atoms with van der Waals surface area (Å²) in [6.45, 7) is 11.0. The van der Waals surface area contributed by atoms with Gasteiger partial charge in [0, 0.05) is 19.7 Å². The van der Waals surface area contributed by atoms with E-state index in [1.54, 1.807) is 0 Å². The molecule has 0 amide bonds. The lowest BCUT2D eigenvalue weighted by Gasteiger charge is -2.32. The molecule has 0 heterocycles. The Morgan fingerprint density at radius 2 is 1.82 bits per heavy atom. The molecule has 102 valence electrons. The first-order chi connectivity index (χ1) is 8.24. The fourth-order valence-electron chi connectivity index (χ4n) is 2.36. The minimum atomic E-state index is 0.495. The molecule has 0 aromatic carbocycles. The van der Waals surface area contributed by atoms with Gasteiger partial charge in [0.2, 0.25) is 0 Å². The summed E-state index contributed by atoms with van der Waals surface area (Å²) < 4.78 is 11.2. The summed E-state index contributed by atoms with van der Waals surface area (Å²) in [6, 6.07) is 0. The van der Waals surface area contributed by atoms with Gasteiger partial charge in [0.05, 0.1) is 19.3 Å². The lowest BCUT2D eigenvalue weighted by Crippen LogP contribution is -2.30. The molecule has 0 saturated heterocycles. The van der Waals surface area contributed by atoms with Crippen LogP contribution >= 0.6 is 0 Å². The van der Waals surface area contributed by atoms with E-state index in [0.717, 1.165) is 44.7 Å². The van der Waals surface area contributed by atoms with Crippen LogP contribution in [0.2, 0.25) is 0 Å². The second-order valence-corrected chi connectivity index (χ2v) is 5.21. The summed E-state index contributed by atoms with van der Waals surface area (Å²) in [5.74, 6) is 1.69. The van der Waals surface area contributed by atoms with E-state index in [9.17, 15) is 0 Å². The third-order valence-corrected chi connectivity index (χ3v) is 3.81. The first-order valence-corrected chi connectivity index (χ1v) is 7.14. The topological polar surface area (TPSA) is 30.5 Å². The van der Waals surface area contributed by atoms with Gasteiger partial charge in [-0.2, -0.15) is 0 Å². The number of hydrogen-bond donors (Lipinski definition) is 1. The van der Waals surface area contributed by atoms with E-state index < -0.39 is 0 Å². The SMILES string of the molecule is CCOCCNCCOC1CCC(C)C(C)C1. The number of rotatable bonds is 8. The van der Waals surface area contributed by atoms with Crippen molar-refractivity contribution in [2.45, 2.75) is 46.1 Å². The maximum atomic E-state index is 5.90. The van der Waals surface area contributed by atoms with Crippen LogP contribution in [0.4, 0.5) is 0 Å². The van der Waals surface area contributed by atoms with Crippen LogP contribution in [0.5, 0.6) is 0 Å². The molecule has 17 heavy (non-hydrogen) atoms. The number of ether oxygens (including phenoxy) is 2. The second-order valence-electron chi connectivity index (χ2n) is 5.21. The molecular formula is C14H29NO2. The largest absolute Gasteiger partial charge is 0.380 e. The van der Waals surface area contributed by atoms with Gasteiger partial charge in [0.1, 0.15) is 0 Å². The van der Waals surface area contributed by atoms with Crippen molar-refractivity contribution in [2.24, 2.45) is 11.8 Å². The summed E-state index contributed by atoms with van der Waals surface area (Å²) in [5.41, 5.74) is 0. The predicted molar refractivity (Wildman–Crippen MR) is 71.3 cm³/mol. The van der Waals surface area contributed by atoms with Crippen LogP contribution in [0.15, 0.2) is 0 Å². The van der Waals surface area contributed by atoms with Crippen molar-refractivity contribution in [3.05, 3.63) is 0 Å². The van der Waals surface area contributed by atoms with Gasteiger partial charge in [-0.15, -0.1) is 0 Å². The van der Waals surface area contributed by atoms with Crippen LogP contribution in [0.1, 0.15) is 40.0 Å². The van der Waals surface area contributed by atoms with Crippen LogP contribution in [0.25, 0.3) is 0 Å². The molecule has 0 spiro atoms. The zero-order valence-electron chi connectivity index (χ0n) is 11.7. The molecule has 1 rings (SSSR count). The lowest BCUT2D eigenvalue weighted by molar-refractivity contribution is 0.00390. The third-order valence-electron chi connectivity index (χ3n) is 3.81. The molecule has 0 aromatic heterocycles. The quantitative estimate of drug-likeness (QED) is 0.664.